The van der Waals surface area contributed by atoms with Gasteiger partial charge < -0.3 is 0 Å². The molecular formula is C42H89CrO4Si. The second-order valence-corrected chi connectivity index (χ2v) is 29.2. The van der Waals surface area contributed by atoms with E-state index in [1.807, 2.05) is 0 Å². The number of hydrogen-bond donors (Lipinski definition) is 2. The van der Waals surface area contributed by atoms with Gasteiger partial charge in [0, 0.05) is 0 Å². The average molecular weight is 738 g/mol. The fourth-order valence-electron chi connectivity index (χ4n) is 7.76. The van der Waals surface area contributed by atoms with Crippen molar-refractivity contribution in [2.75, 3.05) is 0 Å². The Morgan fingerprint density at radius 2 is 0.438 bits per heavy atom. The van der Waals surface area contributed by atoms with E-state index in [-0.39, 0.29) is 0 Å². The summed E-state index contributed by atoms with van der Waals surface area (Å²) in [4.78, 5) is 0. The molecule has 0 saturated heterocycles. The van der Waals surface area contributed by atoms with Crippen molar-refractivity contribution in [2.24, 2.45) is 0 Å². The molecular weight excluding hydrogens is 649 g/mol. The minimum absolute atomic E-state index is 0.556. The van der Waals surface area contributed by atoms with Crippen molar-refractivity contribution in [2.45, 2.75) is 270 Å². The molecule has 0 aliphatic rings. The van der Waals surface area contributed by atoms with Crippen molar-refractivity contribution in [1.29, 1.82) is 0 Å². The predicted molar refractivity (Wildman–Crippen MR) is 209 cm³/mol. The number of hydrogen-bond acceptors (Lipinski definition) is 2. The molecule has 2 N–H and O–H groups in total. The van der Waals surface area contributed by atoms with E-state index in [9.17, 15) is 15.9 Å². The van der Waals surface area contributed by atoms with Gasteiger partial charge in [-0.2, -0.15) is 0 Å². The van der Waals surface area contributed by atoms with E-state index in [4.69, 9.17) is 0 Å². The standard InChI is InChI=1S/C42H87Si.Cr.2H2O.2O/c1-4-7-10-13-16-19-22-25-28-31-34-37-40-43(41-38-35-32-29-26-23-20-17-14-11-8-5-2)42-39-36-33-30-27-24-21-18-15-12-9-6-3;;;;;/h4-42H2,1-3H3;;2*1H2;;/q;+2;;;;/p-2. The van der Waals surface area contributed by atoms with Crippen molar-refractivity contribution in [3.05, 3.63) is 0 Å². The summed E-state index contributed by atoms with van der Waals surface area (Å²) in [6, 6.07) is 1.67. The molecule has 0 aromatic rings. The van der Waals surface area contributed by atoms with E-state index in [1.165, 1.54) is 173 Å². The Hall–Kier alpha value is 0.269. The van der Waals surface area contributed by atoms with Gasteiger partial charge in [-0.05, 0) is 0 Å². The molecule has 0 amide bonds. The molecule has 0 bridgehead atoms. The van der Waals surface area contributed by atoms with E-state index in [0.29, 0.717) is 18.1 Å². The van der Waals surface area contributed by atoms with Crippen LogP contribution in [0.4, 0.5) is 0 Å². The van der Waals surface area contributed by atoms with Crippen LogP contribution in [0.1, 0.15) is 252 Å². The normalized spacial score (nSPS) is 13.2. The van der Waals surface area contributed by atoms with Gasteiger partial charge in [0.05, 0.1) is 0 Å². The number of unbranched alkanes of at least 4 members (excludes halogenated alkanes) is 33. The second kappa shape index (κ2) is 33.1. The van der Waals surface area contributed by atoms with E-state index in [2.05, 4.69) is 20.8 Å². The summed E-state index contributed by atoms with van der Waals surface area (Å²) in [5.41, 5.74) is 0. The molecule has 0 aromatic carbocycles. The predicted octanol–water partition coefficient (Wildman–Crippen LogP) is 15.2. The third kappa shape index (κ3) is 28.9. The molecule has 4 nitrogen and oxygen atoms in total. The number of rotatable bonds is 40. The van der Waals surface area contributed by atoms with Crippen LogP contribution >= 0.6 is 0 Å². The van der Waals surface area contributed by atoms with Crippen LogP contribution in [0.5, 0.6) is 0 Å². The maximum atomic E-state index is 13.3. The Morgan fingerprint density at radius 1 is 0.292 bits per heavy atom. The van der Waals surface area contributed by atoms with Crippen LogP contribution in [0.15, 0.2) is 0 Å². The Morgan fingerprint density at radius 3 is 0.583 bits per heavy atom. The second-order valence-electron chi connectivity index (χ2n) is 15.9. The monoisotopic (exact) mass is 738 g/mol. The molecule has 0 aliphatic carbocycles. The van der Waals surface area contributed by atoms with Crippen LogP contribution < -0.4 is 0 Å². The first-order valence-corrected chi connectivity index (χ1v) is 28.7. The van der Waals surface area contributed by atoms with Gasteiger partial charge in [0.15, 0.2) is 0 Å². The van der Waals surface area contributed by atoms with Crippen molar-refractivity contribution < 1.29 is 27.8 Å². The zero-order chi connectivity index (χ0) is 35.5. The molecule has 0 atom stereocenters. The molecule has 0 aliphatic heterocycles. The van der Waals surface area contributed by atoms with Crippen molar-refractivity contribution >= 4 is 6.63 Å². The quantitative estimate of drug-likeness (QED) is 0.0485. The first-order chi connectivity index (χ1) is 23.2. The van der Waals surface area contributed by atoms with Crippen LogP contribution in [-0.2, 0) is 19.5 Å². The fourth-order valence-corrected chi connectivity index (χ4v) is 19.2. The van der Waals surface area contributed by atoms with Gasteiger partial charge >= 0.3 is 245 Å². The van der Waals surface area contributed by atoms with E-state index in [1.54, 1.807) is 0 Å². The van der Waals surface area contributed by atoms with E-state index in [0.717, 1.165) is 57.8 Å². The maximum absolute atomic E-state index is 13.3. The molecule has 0 aromatic heterocycles. The fraction of sp³-hybridized carbons (Fsp3) is 1.00. The minimum atomic E-state index is -6.56. The summed E-state index contributed by atoms with van der Waals surface area (Å²) in [5, 5.41) is 0. The van der Waals surface area contributed by atoms with Gasteiger partial charge in [0.2, 0.25) is 0 Å². The van der Waals surface area contributed by atoms with E-state index < -0.39 is 18.5 Å². The van der Waals surface area contributed by atoms with Crippen molar-refractivity contribution in [1.82, 2.24) is 0 Å². The molecule has 0 rings (SSSR count). The summed E-state index contributed by atoms with van der Waals surface area (Å²) in [6.45, 7) is 3.55. The van der Waals surface area contributed by atoms with Crippen LogP contribution in [0, 0.1) is 0 Å². The molecule has 0 spiro atoms. The summed E-state index contributed by atoms with van der Waals surface area (Å²) < 4.78 is 48.2. The Balaban J connectivity index is 4.68. The van der Waals surface area contributed by atoms with Gasteiger partial charge in [-0.1, -0.05) is 59.3 Å². The van der Waals surface area contributed by atoms with Crippen LogP contribution in [0.25, 0.3) is 0 Å². The Kier molecular flexibility index (Phi) is 33.3. The molecule has 0 unspecified atom stereocenters. The first-order valence-electron chi connectivity index (χ1n) is 22.1. The summed E-state index contributed by atoms with van der Waals surface area (Å²) >= 11 is -6.56. The molecule has 0 heterocycles. The third-order valence-corrected chi connectivity index (χ3v) is 26.3. The van der Waals surface area contributed by atoms with Gasteiger partial charge in [-0.3, -0.25) is 0 Å². The van der Waals surface area contributed by atoms with Crippen molar-refractivity contribution in [3.63, 3.8) is 0 Å². The molecule has 0 fully saturated rings. The topological polar surface area (TPSA) is 74.6 Å². The summed E-state index contributed by atoms with van der Waals surface area (Å²) in [5.74, 6) is 0. The van der Waals surface area contributed by atoms with Gasteiger partial charge in [-0.25, -0.2) is 0 Å². The zero-order valence-corrected chi connectivity index (χ0v) is 35.5. The van der Waals surface area contributed by atoms with Gasteiger partial charge in [0.1, 0.15) is 0 Å². The van der Waals surface area contributed by atoms with Crippen LogP contribution in [-0.4, -0.2) is 15.0 Å². The summed E-state index contributed by atoms with van der Waals surface area (Å²) in [6.07, 6.45) is 44.9. The molecule has 291 valence electrons. The first kappa shape index (κ1) is 48.3. The van der Waals surface area contributed by atoms with Gasteiger partial charge in [0.25, 0.3) is 0 Å². The van der Waals surface area contributed by atoms with Gasteiger partial charge in [-0.15, -0.1) is 0 Å². The van der Waals surface area contributed by atoms with E-state index >= 15 is 0 Å². The third-order valence-electron chi connectivity index (χ3n) is 11.2. The zero-order valence-electron chi connectivity index (χ0n) is 33.2. The molecule has 6 heteroatoms. The van der Waals surface area contributed by atoms with Crippen LogP contribution in [0.2, 0.25) is 18.1 Å². The SMILES string of the molecule is CCCCCCCCCCCCCC[Si](CCCCCCCCCCCCCC)(CCCCCCCCCCCCCC)[Cr](=[O])(=[O])([OH])[OH]. The Labute approximate surface area is 303 Å². The molecule has 0 saturated carbocycles. The summed E-state index contributed by atoms with van der Waals surface area (Å²) in [7, 11) is 0. The Bertz CT molecular complexity index is 716. The van der Waals surface area contributed by atoms with Crippen LogP contribution in [0.3, 0.4) is 0 Å². The van der Waals surface area contributed by atoms with Crippen molar-refractivity contribution in [3.8, 4) is 0 Å². The molecule has 0 radical (unpaired) electrons. The molecule has 48 heavy (non-hydrogen) atoms. The average Bonchev–Trinajstić information content (AvgIpc) is 3.04.